The fourth-order valence-corrected chi connectivity index (χ4v) is 4.08. The quantitative estimate of drug-likeness (QED) is 0.794. The standard InChI is InChI=1S/C23H33N3O3/c1-16(2)21(27)24-19-10-8-18(9-11-19)23(29)26-14-12-20(13-15-26)25-22(28)17-6-4-3-5-7-17/h8-11,16-17,20H,3-7,12-15H2,1-2H3,(H,24,27)(H,25,28). The van der Waals surface area contributed by atoms with Gasteiger partial charge in [0, 0.05) is 42.2 Å². The zero-order valence-corrected chi connectivity index (χ0v) is 17.6. The highest BCUT2D eigenvalue weighted by Crippen LogP contribution is 2.24. The number of hydrogen-bond donors (Lipinski definition) is 2. The van der Waals surface area contributed by atoms with Gasteiger partial charge < -0.3 is 15.5 Å². The minimum Gasteiger partial charge on any atom is -0.353 e. The van der Waals surface area contributed by atoms with E-state index in [1.54, 1.807) is 24.3 Å². The van der Waals surface area contributed by atoms with Crippen molar-refractivity contribution in [1.29, 1.82) is 0 Å². The van der Waals surface area contributed by atoms with E-state index in [9.17, 15) is 14.4 Å². The summed E-state index contributed by atoms with van der Waals surface area (Å²) < 4.78 is 0. The van der Waals surface area contributed by atoms with E-state index >= 15 is 0 Å². The van der Waals surface area contributed by atoms with Crippen molar-refractivity contribution in [3.8, 4) is 0 Å². The Hall–Kier alpha value is -2.37. The van der Waals surface area contributed by atoms with Gasteiger partial charge in [0.2, 0.25) is 11.8 Å². The third kappa shape index (κ3) is 5.81. The molecule has 2 aliphatic rings. The average molecular weight is 400 g/mol. The van der Waals surface area contributed by atoms with Gasteiger partial charge in [-0.2, -0.15) is 0 Å². The summed E-state index contributed by atoms with van der Waals surface area (Å²) in [6.07, 6.45) is 7.18. The zero-order chi connectivity index (χ0) is 20.8. The van der Waals surface area contributed by atoms with Crippen LogP contribution >= 0.6 is 0 Å². The first-order chi connectivity index (χ1) is 13.9. The molecule has 6 nitrogen and oxygen atoms in total. The van der Waals surface area contributed by atoms with Crippen LogP contribution in [0.4, 0.5) is 5.69 Å². The molecule has 3 rings (SSSR count). The highest BCUT2D eigenvalue weighted by molar-refractivity contribution is 5.96. The summed E-state index contributed by atoms with van der Waals surface area (Å²) in [5.41, 5.74) is 1.32. The van der Waals surface area contributed by atoms with E-state index in [-0.39, 0.29) is 35.6 Å². The van der Waals surface area contributed by atoms with Crippen LogP contribution in [0.3, 0.4) is 0 Å². The Kier molecular flexibility index (Phi) is 7.29. The number of nitrogens with one attached hydrogen (secondary N) is 2. The number of nitrogens with zero attached hydrogens (tertiary/aromatic N) is 1. The van der Waals surface area contributed by atoms with Gasteiger partial charge in [-0.05, 0) is 49.9 Å². The molecule has 0 bridgehead atoms. The molecule has 0 atom stereocenters. The van der Waals surface area contributed by atoms with Crippen molar-refractivity contribution >= 4 is 23.4 Å². The topological polar surface area (TPSA) is 78.5 Å². The van der Waals surface area contributed by atoms with E-state index in [0.717, 1.165) is 38.5 Å². The van der Waals surface area contributed by atoms with E-state index in [0.29, 0.717) is 24.3 Å². The first kappa shape index (κ1) is 21.3. The molecule has 29 heavy (non-hydrogen) atoms. The van der Waals surface area contributed by atoms with Gasteiger partial charge in [-0.15, -0.1) is 0 Å². The molecule has 2 N–H and O–H groups in total. The van der Waals surface area contributed by atoms with Crippen LogP contribution in [0.15, 0.2) is 24.3 Å². The summed E-state index contributed by atoms with van der Waals surface area (Å²) >= 11 is 0. The van der Waals surface area contributed by atoms with Crippen LogP contribution in [0.2, 0.25) is 0 Å². The van der Waals surface area contributed by atoms with Crippen molar-refractivity contribution in [2.75, 3.05) is 18.4 Å². The molecule has 0 unspecified atom stereocenters. The minimum atomic E-state index is -0.0868. The van der Waals surface area contributed by atoms with Crippen LogP contribution in [0.5, 0.6) is 0 Å². The highest BCUT2D eigenvalue weighted by Gasteiger charge is 2.27. The van der Waals surface area contributed by atoms with Gasteiger partial charge in [-0.3, -0.25) is 14.4 Å². The molecule has 0 spiro atoms. The maximum atomic E-state index is 12.8. The number of benzene rings is 1. The van der Waals surface area contributed by atoms with Gasteiger partial charge >= 0.3 is 0 Å². The summed E-state index contributed by atoms with van der Waals surface area (Å²) in [5.74, 6) is 0.257. The molecule has 3 amide bonds. The van der Waals surface area contributed by atoms with Crippen LogP contribution < -0.4 is 10.6 Å². The fraction of sp³-hybridized carbons (Fsp3) is 0.609. The highest BCUT2D eigenvalue weighted by atomic mass is 16.2. The lowest BCUT2D eigenvalue weighted by Crippen LogP contribution is -2.48. The van der Waals surface area contributed by atoms with Crippen LogP contribution in [0, 0.1) is 11.8 Å². The Morgan fingerprint density at radius 2 is 1.55 bits per heavy atom. The molecule has 6 heteroatoms. The Morgan fingerprint density at radius 3 is 2.14 bits per heavy atom. The van der Waals surface area contributed by atoms with Gasteiger partial charge in [0.25, 0.3) is 5.91 Å². The van der Waals surface area contributed by atoms with Gasteiger partial charge in [-0.1, -0.05) is 33.1 Å². The summed E-state index contributed by atoms with van der Waals surface area (Å²) in [5, 5.41) is 6.04. The smallest absolute Gasteiger partial charge is 0.253 e. The van der Waals surface area contributed by atoms with Gasteiger partial charge in [0.15, 0.2) is 0 Å². The maximum absolute atomic E-state index is 12.8. The third-order valence-corrected chi connectivity index (χ3v) is 6.03. The lowest BCUT2D eigenvalue weighted by Gasteiger charge is -2.33. The van der Waals surface area contributed by atoms with E-state index in [2.05, 4.69) is 10.6 Å². The molecule has 1 heterocycles. The molecule has 1 saturated heterocycles. The molecule has 158 valence electrons. The average Bonchev–Trinajstić information content (AvgIpc) is 2.75. The molecule has 1 aromatic rings. The normalized spacial score (nSPS) is 18.5. The third-order valence-electron chi connectivity index (χ3n) is 6.03. The lowest BCUT2D eigenvalue weighted by molar-refractivity contribution is -0.127. The summed E-state index contributed by atoms with van der Waals surface area (Å²) in [7, 11) is 0. The number of hydrogen-bond acceptors (Lipinski definition) is 3. The molecular formula is C23H33N3O3. The second-order valence-corrected chi connectivity index (χ2v) is 8.63. The number of likely N-dealkylation sites (tertiary alicyclic amines) is 1. The number of carbonyl (C=O) groups is 3. The molecule has 1 aliphatic carbocycles. The molecule has 1 aromatic carbocycles. The van der Waals surface area contributed by atoms with Crippen molar-refractivity contribution in [3.05, 3.63) is 29.8 Å². The van der Waals surface area contributed by atoms with Crippen molar-refractivity contribution in [1.82, 2.24) is 10.2 Å². The number of piperidine rings is 1. The molecule has 1 aliphatic heterocycles. The number of amides is 3. The molecule has 1 saturated carbocycles. The van der Waals surface area contributed by atoms with E-state index in [4.69, 9.17) is 0 Å². The maximum Gasteiger partial charge on any atom is 0.253 e. The summed E-state index contributed by atoms with van der Waals surface area (Å²) in [6, 6.07) is 7.22. The second-order valence-electron chi connectivity index (χ2n) is 8.63. The van der Waals surface area contributed by atoms with E-state index < -0.39 is 0 Å². The SMILES string of the molecule is CC(C)C(=O)Nc1ccc(C(=O)N2CCC(NC(=O)C3CCCCC3)CC2)cc1. The van der Waals surface area contributed by atoms with Crippen LogP contribution in [0.25, 0.3) is 0 Å². The van der Waals surface area contributed by atoms with Crippen molar-refractivity contribution < 1.29 is 14.4 Å². The Bertz CT molecular complexity index is 715. The van der Waals surface area contributed by atoms with Gasteiger partial charge in [0.1, 0.15) is 0 Å². The van der Waals surface area contributed by atoms with Crippen LogP contribution in [-0.4, -0.2) is 41.8 Å². The number of anilines is 1. The molecule has 0 aromatic heterocycles. The Labute approximate surface area is 173 Å². The van der Waals surface area contributed by atoms with Crippen molar-refractivity contribution in [3.63, 3.8) is 0 Å². The van der Waals surface area contributed by atoms with E-state index in [1.165, 1.54) is 6.42 Å². The fourth-order valence-electron chi connectivity index (χ4n) is 4.08. The van der Waals surface area contributed by atoms with Crippen LogP contribution in [-0.2, 0) is 9.59 Å². The van der Waals surface area contributed by atoms with Gasteiger partial charge in [0.05, 0.1) is 0 Å². The van der Waals surface area contributed by atoms with Crippen LogP contribution in [0.1, 0.15) is 69.2 Å². The van der Waals surface area contributed by atoms with Crippen molar-refractivity contribution in [2.24, 2.45) is 11.8 Å². The van der Waals surface area contributed by atoms with E-state index in [1.807, 2.05) is 18.7 Å². The Morgan fingerprint density at radius 1 is 0.931 bits per heavy atom. The number of carbonyl (C=O) groups excluding carboxylic acids is 3. The predicted octanol–water partition coefficient (Wildman–Crippen LogP) is 3.58. The van der Waals surface area contributed by atoms with Crippen molar-refractivity contribution in [2.45, 2.75) is 64.8 Å². The molecule has 2 fully saturated rings. The molecule has 0 radical (unpaired) electrons. The summed E-state index contributed by atoms with van der Waals surface area (Å²) in [4.78, 5) is 38.8. The first-order valence-corrected chi connectivity index (χ1v) is 10.9. The first-order valence-electron chi connectivity index (χ1n) is 10.9. The second kappa shape index (κ2) is 9.90. The minimum absolute atomic E-state index is 0.00351. The van der Waals surface area contributed by atoms with Gasteiger partial charge in [-0.25, -0.2) is 0 Å². The Balaban J connectivity index is 1.47. The largest absolute Gasteiger partial charge is 0.353 e. The predicted molar refractivity (Wildman–Crippen MR) is 114 cm³/mol. The monoisotopic (exact) mass is 399 g/mol. The molecular weight excluding hydrogens is 366 g/mol. The lowest BCUT2D eigenvalue weighted by atomic mass is 9.88. The number of rotatable bonds is 5. The summed E-state index contributed by atoms with van der Waals surface area (Å²) in [6.45, 7) is 4.99. The zero-order valence-electron chi connectivity index (χ0n) is 17.6.